The first-order chi connectivity index (χ1) is 18.9. The van der Waals surface area contributed by atoms with Crippen molar-refractivity contribution in [2.75, 3.05) is 10.2 Å². The molecule has 39 heavy (non-hydrogen) atoms. The number of hydrogen-bond acceptors (Lipinski definition) is 6. The SMILES string of the molecule is CCC1=C2B(O)O[C@H](c3ccc(O)c(F)c3)C[C@H]2[C@H]2C(=O)N(c3ccc(Nc4ccccc4)cc3)C(=O)[C@H]2C1. The molecule has 7 nitrogen and oxygen atoms in total. The molecule has 0 radical (unpaired) electrons. The first-order valence-electron chi connectivity index (χ1n) is 13.2. The van der Waals surface area contributed by atoms with Crippen molar-refractivity contribution in [2.45, 2.75) is 32.3 Å². The van der Waals surface area contributed by atoms with Crippen molar-refractivity contribution in [1.82, 2.24) is 0 Å². The van der Waals surface area contributed by atoms with E-state index in [1.807, 2.05) is 49.4 Å². The van der Waals surface area contributed by atoms with Crippen LogP contribution in [0.1, 0.15) is 37.9 Å². The van der Waals surface area contributed by atoms with Gasteiger partial charge in [-0.3, -0.25) is 14.5 Å². The lowest BCUT2D eigenvalue weighted by Gasteiger charge is -2.42. The van der Waals surface area contributed by atoms with Gasteiger partial charge in [0.1, 0.15) is 0 Å². The minimum Gasteiger partial charge on any atom is -0.505 e. The Bertz CT molecular complexity index is 1460. The van der Waals surface area contributed by atoms with E-state index in [0.717, 1.165) is 16.9 Å². The lowest BCUT2D eigenvalue weighted by atomic mass is 9.55. The van der Waals surface area contributed by atoms with Gasteiger partial charge in [-0.05, 0) is 84.7 Å². The molecular weight excluding hydrogens is 498 g/mol. The number of amides is 2. The van der Waals surface area contributed by atoms with Crippen molar-refractivity contribution in [3.8, 4) is 5.75 Å². The summed E-state index contributed by atoms with van der Waals surface area (Å²) in [6, 6.07) is 20.9. The molecule has 3 N–H and O–H groups in total. The summed E-state index contributed by atoms with van der Waals surface area (Å²) in [7, 11) is -1.26. The van der Waals surface area contributed by atoms with E-state index < -0.39 is 42.5 Å². The van der Waals surface area contributed by atoms with Crippen LogP contribution in [0, 0.1) is 23.6 Å². The maximum Gasteiger partial charge on any atom is 0.487 e. The minimum absolute atomic E-state index is 0.244. The highest BCUT2D eigenvalue weighted by atomic mass is 19.1. The van der Waals surface area contributed by atoms with Crippen LogP contribution in [0.3, 0.4) is 0 Å². The van der Waals surface area contributed by atoms with Crippen molar-refractivity contribution in [1.29, 1.82) is 0 Å². The van der Waals surface area contributed by atoms with Gasteiger partial charge in [0.2, 0.25) is 11.8 Å². The summed E-state index contributed by atoms with van der Waals surface area (Å²) in [6.07, 6.45) is 0.630. The van der Waals surface area contributed by atoms with Crippen molar-refractivity contribution in [3.63, 3.8) is 0 Å². The number of phenolic OH excluding ortho intramolecular Hbond substituents is 1. The number of benzene rings is 3. The number of anilines is 3. The Morgan fingerprint density at radius 2 is 1.72 bits per heavy atom. The van der Waals surface area contributed by atoms with Crippen LogP contribution in [0.25, 0.3) is 0 Å². The molecule has 2 heterocycles. The zero-order valence-electron chi connectivity index (χ0n) is 21.4. The van der Waals surface area contributed by atoms with E-state index in [0.29, 0.717) is 36.0 Å². The normalized spacial score (nSPS) is 24.6. The number of carbonyl (C=O) groups excluding carboxylic acids is 2. The van der Waals surface area contributed by atoms with Gasteiger partial charge in [-0.2, -0.15) is 0 Å². The highest BCUT2D eigenvalue weighted by molar-refractivity contribution is 6.53. The Labute approximate surface area is 226 Å². The molecule has 3 aromatic rings. The Balaban J connectivity index is 1.30. The zero-order valence-corrected chi connectivity index (χ0v) is 21.4. The average molecular weight is 526 g/mol. The average Bonchev–Trinajstić information content (AvgIpc) is 3.20. The number of para-hydroxylation sites is 1. The molecule has 9 heteroatoms. The van der Waals surface area contributed by atoms with Crippen molar-refractivity contribution in [2.24, 2.45) is 17.8 Å². The Morgan fingerprint density at radius 1 is 1.00 bits per heavy atom. The molecule has 2 saturated heterocycles. The third-order valence-electron chi connectivity index (χ3n) is 8.17. The highest BCUT2D eigenvalue weighted by Gasteiger charge is 2.58. The number of allylic oxidation sites excluding steroid dienone is 2. The summed E-state index contributed by atoms with van der Waals surface area (Å²) in [6.45, 7) is 1.96. The molecular formula is C30H28BFN2O5. The largest absolute Gasteiger partial charge is 0.505 e. The summed E-state index contributed by atoms with van der Waals surface area (Å²) in [5.41, 5.74) is 4.31. The minimum atomic E-state index is -1.26. The standard InChI is InChI=1S/C30H28BFN2O5/c1-2-17-14-23-27(22-16-26(39-31(38)28(17)22)18-8-13-25(35)24(32)15-18)30(37)34(29(23)36)21-11-9-20(10-12-21)33-19-6-4-3-5-7-19/h3-13,15,22-23,26-27,33,35,38H,2,14,16H2,1H3/t22-,23-,26-,27+/m0/s1. The van der Waals surface area contributed by atoms with Crippen LogP contribution >= 0.6 is 0 Å². The van der Waals surface area contributed by atoms with Crippen LogP contribution in [0.15, 0.2) is 83.8 Å². The molecule has 2 amide bonds. The molecule has 4 atom stereocenters. The van der Waals surface area contributed by atoms with E-state index in [2.05, 4.69) is 5.32 Å². The summed E-state index contributed by atoms with van der Waals surface area (Å²) in [5.74, 6) is -3.41. The van der Waals surface area contributed by atoms with Crippen LogP contribution in [0.5, 0.6) is 5.75 Å². The van der Waals surface area contributed by atoms with Gasteiger partial charge in [0.25, 0.3) is 0 Å². The molecule has 0 aromatic heterocycles. The van der Waals surface area contributed by atoms with E-state index in [-0.39, 0.29) is 11.8 Å². The highest BCUT2D eigenvalue weighted by Crippen LogP contribution is 2.52. The number of imide groups is 1. The van der Waals surface area contributed by atoms with Gasteiger partial charge < -0.3 is 20.1 Å². The van der Waals surface area contributed by atoms with Crippen LogP contribution < -0.4 is 10.2 Å². The first kappa shape index (κ1) is 25.3. The van der Waals surface area contributed by atoms with E-state index in [1.54, 1.807) is 18.2 Å². The number of phenols is 1. The topological polar surface area (TPSA) is 99.1 Å². The first-order valence-corrected chi connectivity index (χ1v) is 13.2. The van der Waals surface area contributed by atoms with Gasteiger partial charge in [-0.1, -0.05) is 36.8 Å². The van der Waals surface area contributed by atoms with Gasteiger partial charge in [0.15, 0.2) is 11.6 Å². The predicted molar refractivity (Wildman–Crippen MR) is 146 cm³/mol. The lowest BCUT2D eigenvalue weighted by molar-refractivity contribution is -0.123. The van der Waals surface area contributed by atoms with Crippen molar-refractivity contribution >= 4 is 36.0 Å². The molecule has 6 rings (SSSR count). The number of hydrogen-bond donors (Lipinski definition) is 3. The quantitative estimate of drug-likeness (QED) is 0.309. The Kier molecular flexibility index (Phi) is 6.49. The monoisotopic (exact) mass is 526 g/mol. The van der Waals surface area contributed by atoms with Gasteiger partial charge in [-0.15, -0.1) is 0 Å². The summed E-state index contributed by atoms with van der Waals surface area (Å²) < 4.78 is 20.0. The molecule has 198 valence electrons. The molecule has 2 aliphatic heterocycles. The summed E-state index contributed by atoms with van der Waals surface area (Å²) in [5, 5.41) is 23.9. The lowest BCUT2D eigenvalue weighted by Crippen LogP contribution is -2.44. The van der Waals surface area contributed by atoms with Crippen LogP contribution in [-0.4, -0.2) is 29.1 Å². The fourth-order valence-electron chi connectivity index (χ4n) is 6.32. The van der Waals surface area contributed by atoms with Gasteiger partial charge in [-0.25, -0.2) is 4.39 Å². The zero-order chi connectivity index (χ0) is 27.3. The number of fused-ring (bicyclic) bond motifs is 3. The maximum absolute atomic E-state index is 14.1. The van der Waals surface area contributed by atoms with E-state index in [4.69, 9.17) is 4.65 Å². The number of aromatic hydroxyl groups is 1. The van der Waals surface area contributed by atoms with Gasteiger partial charge >= 0.3 is 7.12 Å². The fraction of sp³-hybridized carbons (Fsp3) is 0.267. The van der Waals surface area contributed by atoms with E-state index in [9.17, 15) is 24.1 Å². The number of nitrogens with one attached hydrogen (secondary N) is 1. The smallest absolute Gasteiger partial charge is 0.487 e. The predicted octanol–water partition coefficient (Wildman–Crippen LogP) is 5.29. The number of nitrogens with zero attached hydrogens (tertiary/aromatic N) is 1. The van der Waals surface area contributed by atoms with Gasteiger partial charge in [0.05, 0.1) is 23.6 Å². The number of halogens is 1. The molecule has 3 aromatic carbocycles. The van der Waals surface area contributed by atoms with Gasteiger partial charge in [0, 0.05) is 11.4 Å². The fourth-order valence-corrected chi connectivity index (χ4v) is 6.32. The van der Waals surface area contributed by atoms with E-state index in [1.165, 1.54) is 17.0 Å². The van der Waals surface area contributed by atoms with Crippen LogP contribution in [-0.2, 0) is 14.2 Å². The summed E-state index contributed by atoms with van der Waals surface area (Å²) in [4.78, 5) is 28.8. The second-order valence-electron chi connectivity index (χ2n) is 10.3. The molecule has 3 aliphatic rings. The molecule has 0 bridgehead atoms. The summed E-state index contributed by atoms with van der Waals surface area (Å²) >= 11 is 0. The van der Waals surface area contributed by atoms with E-state index >= 15 is 0 Å². The number of rotatable bonds is 5. The van der Waals surface area contributed by atoms with Crippen molar-refractivity contribution in [3.05, 3.63) is 95.2 Å². The van der Waals surface area contributed by atoms with Crippen LogP contribution in [0.2, 0.25) is 0 Å². The molecule has 0 unspecified atom stereocenters. The Morgan fingerprint density at radius 3 is 2.41 bits per heavy atom. The second-order valence-corrected chi connectivity index (χ2v) is 10.3. The molecule has 0 spiro atoms. The molecule has 1 aliphatic carbocycles. The molecule has 2 fully saturated rings. The van der Waals surface area contributed by atoms with Crippen molar-refractivity contribution < 1.29 is 28.8 Å². The maximum atomic E-state index is 14.1. The molecule has 0 saturated carbocycles. The third-order valence-corrected chi connectivity index (χ3v) is 8.17. The Hall–Kier alpha value is -3.95. The second kappa shape index (κ2) is 9.98. The number of carbonyl (C=O) groups is 2. The third kappa shape index (κ3) is 4.41. The van der Waals surface area contributed by atoms with Crippen LogP contribution in [0.4, 0.5) is 21.5 Å².